The van der Waals surface area contributed by atoms with Gasteiger partial charge in [0.05, 0.1) is 16.3 Å². The zero-order valence-corrected chi connectivity index (χ0v) is 13.8. The van der Waals surface area contributed by atoms with Gasteiger partial charge >= 0.3 is 0 Å². The summed E-state index contributed by atoms with van der Waals surface area (Å²) in [7, 11) is 0. The number of rotatable bonds is 5. The zero-order valence-electron chi connectivity index (χ0n) is 13.0. The average molecular weight is 328 g/mol. The lowest BCUT2D eigenvalue weighted by atomic mass is 10.1. The first kappa shape index (κ1) is 15.7. The molecule has 0 aliphatic heterocycles. The van der Waals surface area contributed by atoms with Gasteiger partial charge in [0, 0.05) is 12.1 Å². The van der Waals surface area contributed by atoms with Gasteiger partial charge in [0.2, 0.25) is 0 Å². The van der Waals surface area contributed by atoms with E-state index in [4.69, 9.17) is 0 Å². The fourth-order valence-corrected chi connectivity index (χ4v) is 3.57. The van der Waals surface area contributed by atoms with Gasteiger partial charge in [-0.05, 0) is 50.2 Å². The van der Waals surface area contributed by atoms with Crippen LogP contribution < -0.4 is 0 Å². The van der Waals surface area contributed by atoms with Gasteiger partial charge in [0.1, 0.15) is 5.82 Å². The van der Waals surface area contributed by atoms with Crippen LogP contribution in [0.3, 0.4) is 0 Å². The van der Waals surface area contributed by atoms with E-state index in [9.17, 15) is 9.18 Å². The Morgan fingerprint density at radius 3 is 2.61 bits per heavy atom. The molecule has 3 nitrogen and oxygen atoms in total. The molecule has 3 aromatic rings. The van der Waals surface area contributed by atoms with Crippen LogP contribution in [0.5, 0.6) is 0 Å². The lowest BCUT2D eigenvalue weighted by Gasteiger charge is -2.11. The van der Waals surface area contributed by atoms with Crippen LogP contribution in [0.1, 0.15) is 24.2 Å². The Kier molecular flexibility index (Phi) is 4.48. The van der Waals surface area contributed by atoms with Crippen LogP contribution in [-0.4, -0.2) is 20.6 Å². The van der Waals surface area contributed by atoms with Crippen LogP contribution in [0.25, 0.3) is 11.0 Å². The number of Topliss-reactive ketones (excluding diaryl/α,β-unsaturated/α-hetero) is 1. The second-order valence-corrected chi connectivity index (χ2v) is 6.57. The molecule has 1 heterocycles. The van der Waals surface area contributed by atoms with Crippen LogP contribution in [0.4, 0.5) is 4.39 Å². The highest BCUT2D eigenvalue weighted by Crippen LogP contribution is 2.28. The molecule has 118 valence electrons. The Morgan fingerprint density at radius 1 is 1.22 bits per heavy atom. The smallest absolute Gasteiger partial charge is 0.175 e. The summed E-state index contributed by atoms with van der Waals surface area (Å²) in [4.78, 5) is 17.1. The van der Waals surface area contributed by atoms with E-state index in [1.54, 1.807) is 0 Å². The summed E-state index contributed by atoms with van der Waals surface area (Å²) >= 11 is 1.44. The quantitative estimate of drug-likeness (QED) is 0.509. The number of hydrogen-bond donors (Lipinski definition) is 0. The standard InChI is InChI=1S/C18H17FN2OS/c1-3-21-16-7-5-4-6-15(16)20-18(21)23-12(2)17(22)13-8-10-14(19)11-9-13/h4-12H,3H2,1-2H3/t12-/m1/s1. The van der Waals surface area contributed by atoms with Crippen molar-refractivity contribution in [2.75, 3.05) is 0 Å². The highest BCUT2D eigenvalue weighted by molar-refractivity contribution is 8.00. The number of aromatic nitrogens is 2. The van der Waals surface area contributed by atoms with Crippen molar-refractivity contribution in [1.29, 1.82) is 0 Å². The zero-order chi connectivity index (χ0) is 16.4. The highest BCUT2D eigenvalue weighted by Gasteiger charge is 2.20. The lowest BCUT2D eigenvalue weighted by molar-refractivity contribution is 0.0994. The van der Waals surface area contributed by atoms with Gasteiger partial charge < -0.3 is 4.57 Å². The molecule has 1 atom stereocenters. The molecular formula is C18H17FN2OS. The molecule has 0 unspecified atom stereocenters. The second kappa shape index (κ2) is 6.54. The van der Waals surface area contributed by atoms with E-state index in [-0.39, 0.29) is 16.9 Å². The molecule has 0 bridgehead atoms. The van der Waals surface area contributed by atoms with Crippen molar-refractivity contribution >= 4 is 28.6 Å². The van der Waals surface area contributed by atoms with Gasteiger partial charge in [-0.25, -0.2) is 9.37 Å². The largest absolute Gasteiger partial charge is 0.319 e. The molecule has 0 amide bonds. The third-order valence-electron chi connectivity index (χ3n) is 3.72. The molecule has 3 rings (SSSR count). The molecule has 0 fully saturated rings. The molecule has 0 saturated carbocycles. The van der Waals surface area contributed by atoms with Crippen molar-refractivity contribution in [2.24, 2.45) is 0 Å². The first-order chi connectivity index (χ1) is 11.1. The van der Waals surface area contributed by atoms with Crippen molar-refractivity contribution < 1.29 is 9.18 Å². The maximum Gasteiger partial charge on any atom is 0.175 e. The minimum Gasteiger partial charge on any atom is -0.319 e. The molecule has 23 heavy (non-hydrogen) atoms. The van der Waals surface area contributed by atoms with E-state index in [0.717, 1.165) is 22.7 Å². The number of ketones is 1. The van der Waals surface area contributed by atoms with E-state index >= 15 is 0 Å². The van der Waals surface area contributed by atoms with Crippen molar-refractivity contribution in [3.8, 4) is 0 Å². The number of halogens is 1. The fraction of sp³-hybridized carbons (Fsp3) is 0.222. The first-order valence-electron chi connectivity index (χ1n) is 7.52. The van der Waals surface area contributed by atoms with E-state index in [2.05, 4.69) is 16.5 Å². The van der Waals surface area contributed by atoms with Gasteiger partial charge in [-0.15, -0.1) is 0 Å². The molecule has 0 aliphatic rings. The number of thioether (sulfide) groups is 1. The third-order valence-corrected chi connectivity index (χ3v) is 4.81. The van der Waals surface area contributed by atoms with Crippen LogP contribution in [0, 0.1) is 5.82 Å². The number of hydrogen-bond acceptors (Lipinski definition) is 3. The van der Waals surface area contributed by atoms with Gasteiger partial charge in [-0.3, -0.25) is 4.79 Å². The van der Waals surface area contributed by atoms with Gasteiger partial charge in [-0.1, -0.05) is 23.9 Å². The summed E-state index contributed by atoms with van der Waals surface area (Å²) < 4.78 is 15.1. The Bertz CT molecular complexity index is 842. The molecule has 5 heteroatoms. The first-order valence-corrected chi connectivity index (χ1v) is 8.40. The van der Waals surface area contributed by atoms with Crippen LogP contribution in [0.15, 0.2) is 53.7 Å². The Labute approximate surface area is 138 Å². The maximum absolute atomic E-state index is 13.0. The molecule has 0 radical (unpaired) electrons. The molecule has 2 aromatic carbocycles. The van der Waals surface area contributed by atoms with Crippen molar-refractivity contribution in [1.82, 2.24) is 9.55 Å². The van der Waals surface area contributed by atoms with Crippen LogP contribution >= 0.6 is 11.8 Å². The van der Waals surface area contributed by atoms with Crippen molar-refractivity contribution in [3.05, 3.63) is 59.9 Å². The summed E-state index contributed by atoms with van der Waals surface area (Å²) in [5, 5.41) is 0.541. The van der Waals surface area contributed by atoms with E-state index < -0.39 is 0 Å². The van der Waals surface area contributed by atoms with Gasteiger partial charge in [0.25, 0.3) is 0 Å². The number of imidazole rings is 1. The highest BCUT2D eigenvalue weighted by atomic mass is 32.2. The van der Waals surface area contributed by atoms with Gasteiger partial charge in [0.15, 0.2) is 10.9 Å². The summed E-state index contributed by atoms with van der Waals surface area (Å²) in [6, 6.07) is 13.6. The molecule has 0 spiro atoms. The molecule has 0 saturated heterocycles. The van der Waals surface area contributed by atoms with E-state index in [0.29, 0.717) is 5.56 Å². The molecular weight excluding hydrogens is 311 g/mol. The fourth-order valence-electron chi connectivity index (χ4n) is 2.51. The van der Waals surface area contributed by atoms with E-state index in [1.807, 2.05) is 31.2 Å². The monoisotopic (exact) mass is 328 g/mol. The summed E-state index contributed by atoms with van der Waals surface area (Å²) in [6.45, 7) is 4.71. The molecule has 1 aromatic heterocycles. The average Bonchev–Trinajstić information content (AvgIpc) is 2.91. The summed E-state index contributed by atoms with van der Waals surface area (Å²) in [5.74, 6) is -0.362. The topological polar surface area (TPSA) is 34.9 Å². The third kappa shape index (κ3) is 3.15. The number of carbonyl (C=O) groups is 1. The van der Waals surface area contributed by atoms with Crippen LogP contribution in [0.2, 0.25) is 0 Å². The van der Waals surface area contributed by atoms with Crippen molar-refractivity contribution in [3.63, 3.8) is 0 Å². The predicted octanol–water partition coefficient (Wildman–Crippen LogP) is 4.56. The minimum absolute atomic E-state index is 0.0234. The number of benzene rings is 2. The van der Waals surface area contributed by atoms with Crippen molar-refractivity contribution in [2.45, 2.75) is 30.8 Å². The number of fused-ring (bicyclic) bond motifs is 1. The number of aryl methyl sites for hydroxylation is 1. The normalized spacial score (nSPS) is 12.5. The maximum atomic E-state index is 13.0. The molecule has 0 aliphatic carbocycles. The Hall–Kier alpha value is -2.14. The summed E-state index contributed by atoms with van der Waals surface area (Å²) in [6.07, 6.45) is 0. The minimum atomic E-state index is -0.338. The lowest BCUT2D eigenvalue weighted by Crippen LogP contribution is -2.14. The van der Waals surface area contributed by atoms with Crippen LogP contribution in [-0.2, 0) is 6.54 Å². The second-order valence-electron chi connectivity index (χ2n) is 5.26. The summed E-state index contributed by atoms with van der Waals surface area (Å²) in [5.41, 5.74) is 2.52. The predicted molar refractivity (Wildman–Crippen MR) is 91.5 cm³/mol. The van der Waals surface area contributed by atoms with E-state index in [1.165, 1.54) is 36.0 Å². The Morgan fingerprint density at radius 2 is 1.91 bits per heavy atom. The number of carbonyl (C=O) groups excluding carboxylic acids is 1. The molecule has 0 N–H and O–H groups in total. The Balaban J connectivity index is 1.86. The number of para-hydroxylation sites is 2. The number of nitrogens with zero attached hydrogens (tertiary/aromatic N) is 2. The SMILES string of the molecule is CCn1c(S[C@H](C)C(=O)c2ccc(F)cc2)nc2ccccc21. The van der Waals surface area contributed by atoms with Gasteiger partial charge in [-0.2, -0.15) is 0 Å².